The van der Waals surface area contributed by atoms with Crippen LogP contribution in [-0.4, -0.2) is 65.9 Å². The Kier molecular flexibility index (Phi) is 6.14. The van der Waals surface area contributed by atoms with Gasteiger partial charge >= 0.3 is 6.09 Å². The molecule has 2 aliphatic heterocycles. The van der Waals surface area contributed by atoms with Crippen molar-refractivity contribution in [2.75, 3.05) is 32.8 Å². The van der Waals surface area contributed by atoms with Gasteiger partial charge in [0.15, 0.2) is 0 Å². The molecule has 3 fully saturated rings. The molecule has 2 saturated heterocycles. The van der Waals surface area contributed by atoms with Gasteiger partial charge in [-0.2, -0.15) is 0 Å². The predicted molar refractivity (Wildman–Crippen MR) is 83.1 cm³/mol. The molecule has 6 heteroatoms. The lowest BCUT2D eigenvalue weighted by Gasteiger charge is -2.41. The quantitative estimate of drug-likeness (QED) is 0.865. The number of carbonyl (C=O) groups is 1. The standard InChI is InChI=1S/C15H26N2O3.ClH/c18-15(19)16-8-5-13(6-9-16)17-7-1-2-14(10-17)20-11-12-3-4-12;/h12-14H,1-11H2,(H,18,19);1H. The molecule has 2 heterocycles. The summed E-state index contributed by atoms with van der Waals surface area (Å²) in [6.07, 6.45) is 6.69. The van der Waals surface area contributed by atoms with E-state index in [9.17, 15) is 4.79 Å². The summed E-state index contributed by atoms with van der Waals surface area (Å²) in [4.78, 5) is 15.0. The van der Waals surface area contributed by atoms with E-state index < -0.39 is 6.09 Å². The van der Waals surface area contributed by atoms with Crippen molar-refractivity contribution in [2.24, 2.45) is 5.92 Å². The van der Waals surface area contributed by atoms with Crippen LogP contribution in [0.25, 0.3) is 0 Å². The van der Waals surface area contributed by atoms with E-state index in [2.05, 4.69) is 4.90 Å². The number of carboxylic acid groups (broad SMARTS) is 1. The molecule has 0 aromatic carbocycles. The zero-order valence-electron chi connectivity index (χ0n) is 12.6. The van der Waals surface area contributed by atoms with Gasteiger partial charge in [-0.05, 0) is 51.0 Å². The molecule has 0 aromatic heterocycles. The maximum absolute atomic E-state index is 10.9. The van der Waals surface area contributed by atoms with Gasteiger partial charge in [0.2, 0.25) is 0 Å². The van der Waals surface area contributed by atoms with Crippen molar-refractivity contribution in [3.8, 4) is 0 Å². The Morgan fingerprint density at radius 1 is 1.10 bits per heavy atom. The lowest BCUT2D eigenvalue weighted by Crippen LogP contribution is -2.50. The van der Waals surface area contributed by atoms with E-state index in [1.165, 1.54) is 25.7 Å². The number of hydrogen-bond donors (Lipinski definition) is 1. The highest BCUT2D eigenvalue weighted by Crippen LogP contribution is 2.30. The number of ether oxygens (including phenoxy) is 1. The summed E-state index contributed by atoms with van der Waals surface area (Å²) < 4.78 is 6.04. The molecule has 1 N–H and O–H groups in total. The first kappa shape index (κ1) is 16.8. The number of piperidine rings is 2. The van der Waals surface area contributed by atoms with Gasteiger partial charge in [0.25, 0.3) is 0 Å². The minimum Gasteiger partial charge on any atom is -0.465 e. The molecule has 0 bridgehead atoms. The molecule has 0 spiro atoms. The number of halogens is 1. The third kappa shape index (κ3) is 4.73. The van der Waals surface area contributed by atoms with Gasteiger partial charge in [0, 0.05) is 32.3 Å². The van der Waals surface area contributed by atoms with E-state index in [1.807, 2.05) is 0 Å². The van der Waals surface area contributed by atoms with E-state index in [-0.39, 0.29) is 12.4 Å². The van der Waals surface area contributed by atoms with Crippen LogP contribution in [0.2, 0.25) is 0 Å². The van der Waals surface area contributed by atoms with Crippen LogP contribution in [0.1, 0.15) is 38.5 Å². The maximum Gasteiger partial charge on any atom is 0.407 e. The van der Waals surface area contributed by atoms with Crippen LogP contribution in [0.15, 0.2) is 0 Å². The van der Waals surface area contributed by atoms with Gasteiger partial charge in [-0.1, -0.05) is 0 Å². The minimum atomic E-state index is -0.771. The van der Waals surface area contributed by atoms with Crippen LogP contribution < -0.4 is 0 Å². The summed E-state index contributed by atoms with van der Waals surface area (Å²) in [5.74, 6) is 0.837. The average molecular weight is 319 g/mol. The number of nitrogens with zero attached hydrogens (tertiary/aromatic N) is 2. The Morgan fingerprint density at radius 3 is 2.43 bits per heavy atom. The van der Waals surface area contributed by atoms with Crippen molar-refractivity contribution in [2.45, 2.75) is 50.7 Å². The molecule has 1 saturated carbocycles. The molecule has 21 heavy (non-hydrogen) atoms. The second kappa shape index (κ2) is 7.65. The fourth-order valence-corrected chi connectivity index (χ4v) is 3.41. The van der Waals surface area contributed by atoms with Crippen LogP contribution in [0.4, 0.5) is 4.79 Å². The summed E-state index contributed by atoms with van der Waals surface area (Å²) in [5, 5.41) is 9.00. The molecule has 1 unspecified atom stereocenters. The van der Waals surface area contributed by atoms with Crippen molar-refractivity contribution < 1.29 is 14.6 Å². The Bertz CT molecular complexity index is 344. The molecular formula is C15H27ClN2O3. The summed E-state index contributed by atoms with van der Waals surface area (Å²) >= 11 is 0. The monoisotopic (exact) mass is 318 g/mol. The third-order valence-corrected chi connectivity index (χ3v) is 4.93. The van der Waals surface area contributed by atoms with E-state index in [4.69, 9.17) is 9.84 Å². The Balaban J connectivity index is 0.00000161. The molecule has 0 aromatic rings. The molecule has 1 atom stereocenters. The second-order valence-corrected chi connectivity index (χ2v) is 6.54. The molecule has 122 valence electrons. The molecule has 1 aliphatic carbocycles. The molecule has 5 nitrogen and oxygen atoms in total. The summed E-state index contributed by atoms with van der Waals surface area (Å²) in [6, 6.07) is 0.554. The first-order chi connectivity index (χ1) is 9.72. The zero-order valence-corrected chi connectivity index (χ0v) is 13.4. The van der Waals surface area contributed by atoms with Crippen LogP contribution in [-0.2, 0) is 4.74 Å². The molecule has 1 amide bonds. The van der Waals surface area contributed by atoms with Crippen molar-refractivity contribution in [1.82, 2.24) is 9.80 Å². The molecule has 0 radical (unpaired) electrons. The SMILES string of the molecule is Cl.O=C(O)N1CCC(N2CCCC(OCC3CC3)C2)CC1. The summed E-state index contributed by atoms with van der Waals surface area (Å²) in [7, 11) is 0. The highest BCUT2D eigenvalue weighted by molar-refractivity contribution is 5.85. The first-order valence-electron chi connectivity index (χ1n) is 8.06. The van der Waals surface area contributed by atoms with Crippen molar-refractivity contribution in [1.29, 1.82) is 0 Å². The first-order valence-corrected chi connectivity index (χ1v) is 8.06. The van der Waals surface area contributed by atoms with E-state index in [0.717, 1.165) is 38.5 Å². The van der Waals surface area contributed by atoms with Gasteiger partial charge in [-0.25, -0.2) is 4.79 Å². The number of likely N-dealkylation sites (tertiary alicyclic amines) is 2. The highest BCUT2D eigenvalue weighted by atomic mass is 35.5. The lowest BCUT2D eigenvalue weighted by atomic mass is 9.99. The Hall–Kier alpha value is -0.520. The van der Waals surface area contributed by atoms with Crippen molar-refractivity contribution >= 4 is 18.5 Å². The van der Waals surface area contributed by atoms with Crippen molar-refractivity contribution in [3.63, 3.8) is 0 Å². The summed E-state index contributed by atoms with van der Waals surface area (Å²) in [5.41, 5.74) is 0. The molecular weight excluding hydrogens is 292 g/mol. The lowest BCUT2D eigenvalue weighted by molar-refractivity contribution is -0.0245. The second-order valence-electron chi connectivity index (χ2n) is 6.54. The number of amides is 1. The number of hydrogen-bond acceptors (Lipinski definition) is 3. The van der Waals surface area contributed by atoms with Crippen molar-refractivity contribution in [3.05, 3.63) is 0 Å². The van der Waals surface area contributed by atoms with E-state index in [0.29, 0.717) is 25.2 Å². The van der Waals surface area contributed by atoms with Gasteiger partial charge in [0.05, 0.1) is 6.10 Å². The largest absolute Gasteiger partial charge is 0.465 e. The fourth-order valence-electron chi connectivity index (χ4n) is 3.41. The summed E-state index contributed by atoms with van der Waals surface area (Å²) in [6.45, 7) is 4.52. The minimum absolute atomic E-state index is 0. The zero-order chi connectivity index (χ0) is 13.9. The molecule has 3 aliphatic rings. The van der Waals surface area contributed by atoms with Crippen LogP contribution in [0.3, 0.4) is 0 Å². The normalized spacial score (nSPS) is 28.2. The maximum atomic E-state index is 10.9. The van der Waals surface area contributed by atoms with E-state index in [1.54, 1.807) is 4.90 Å². The third-order valence-electron chi connectivity index (χ3n) is 4.93. The average Bonchev–Trinajstić information content (AvgIpc) is 3.30. The topological polar surface area (TPSA) is 53.0 Å². The van der Waals surface area contributed by atoms with Gasteiger partial charge in [-0.15, -0.1) is 12.4 Å². The van der Waals surface area contributed by atoms with Gasteiger partial charge in [0.1, 0.15) is 0 Å². The smallest absolute Gasteiger partial charge is 0.407 e. The highest BCUT2D eigenvalue weighted by Gasteiger charge is 2.31. The Labute approximate surface area is 133 Å². The Morgan fingerprint density at radius 2 is 1.81 bits per heavy atom. The number of rotatable bonds is 4. The van der Waals surface area contributed by atoms with E-state index >= 15 is 0 Å². The van der Waals surface area contributed by atoms with Gasteiger partial charge < -0.3 is 14.7 Å². The predicted octanol–water partition coefficient (Wildman–Crippen LogP) is 2.44. The fraction of sp³-hybridized carbons (Fsp3) is 0.933. The van der Waals surface area contributed by atoms with Crippen LogP contribution in [0, 0.1) is 5.92 Å². The van der Waals surface area contributed by atoms with Gasteiger partial charge in [-0.3, -0.25) is 4.90 Å². The van der Waals surface area contributed by atoms with Crippen LogP contribution >= 0.6 is 12.4 Å². The van der Waals surface area contributed by atoms with Crippen LogP contribution in [0.5, 0.6) is 0 Å². The molecule has 3 rings (SSSR count).